The minimum atomic E-state index is -0.388. The van der Waals surface area contributed by atoms with Crippen molar-refractivity contribution in [3.63, 3.8) is 0 Å². The Balaban J connectivity index is 2.17. The first-order valence-electron chi connectivity index (χ1n) is 6.79. The number of nitro benzene ring substituents is 1. The van der Waals surface area contributed by atoms with Gasteiger partial charge in [-0.1, -0.05) is 18.2 Å². The number of benzene rings is 2. The Morgan fingerprint density at radius 2 is 2.00 bits per heavy atom. The van der Waals surface area contributed by atoms with Crippen LogP contribution in [0.15, 0.2) is 47.6 Å². The zero-order chi connectivity index (χ0) is 16.1. The summed E-state index contributed by atoms with van der Waals surface area (Å²) < 4.78 is 0. The van der Waals surface area contributed by atoms with Crippen LogP contribution in [0.4, 0.5) is 17.1 Å². The Kier molecular flexibility index (Phi) is 4.73. The van der Waals surface area contributed by atoms with E-state index in [-0.39, 0.29) is 10.6 Å². The van der Waals surface area contributed by atoms with Crippen molar-refractivity contribution in [1.29, 1.82) is 0 Å². The SMILES string of the molecule is Cc1cccc(N/N=C\c2ccc(N(C)C)c([N+](=O)[O-])c2)c1. The van der Waals surface area contributed by atoms with E-state index < -0.39 is 0 Å². The highest BCUT2D eigenvalue weighted by molar-refractivity contribution is 5.83. The molecular weight excluding hydrogens is 280 g/mol. The number of nitrogens with one attached hydrogen (secondary N) is 1. The molecule has 6 nitrogen and oxygen atoms in total. The molecule has 0 spiro atoms. The van der Waals surface area contributed by atoms with Gasteiger partial charge in [-0.25, -0.2) is 0 Å². The minimum Gasteiger partial charge on any atom is -0.372 e. The molecule has 0 aliphatic rings. The third-order valence-corrected chi connectivity index (χ3v) is 3.10. The third-order valence-electron chi connectivity index (χ3n) is 3.10. The quantitative estimate of drug-likeness (QED) is 0.521. The number of rotatable bonds is 5. The van der Waals surface area contributed by atoms with Crippen LogP contribution in [0.2, 0.25) is 0 Å². The fourth-order valence-electron chi connectivity index (χ4n) is 2.04. The first-order chi connectivity index (χ1) is 10.5. The fraction of sp³-hybridized carbons (Fsp3) is 0.188. The second-order valence-electron chi connectivity index (χ2n) is 5.14. The second kappa shape index (κ2) is 6.71. The highest BCUT2D eigenvalue weighted by Crippen LogP contribution is 2.27. The number of nitrogens with zero attached hydrogens (tertiary/aromatic N) is 3. The molecular formula is C16H18N4O2. The average molecular weight is 298 g/mol. The molecule has 114 valence electrons. The summed E-state index contributed by atoms with van der Waals surface area (Å²) in [6, 6.07) is 12.8. The molecule has 22 heavy (non-hydrogen) atoms. The summed E-state index contributed by atoms with van der Waals surface area (Å²) in [6.45, 7) is 2.00. The average Bonchev–Trinajstić information content (AvgIpc) is 2.47. The van der Waals surface area contributed by atoms with Gasteiger partial charge < -0.3 is 4.90 Å². The zero-order valence-corrected chi connectivity index (χ0v) is 12.8. The lowest BCUT2D eigenvalue weighted by Gasteiger charge is -2.12. The highest BCUT2D eigenvalue weighted by Gasteiger charge is 2.15. The van der Waals surface area contributed by atoms with Gasteiger partial charge in [0.15, 0.2) is 0 Å². The maximum absolute atomic E-state index is 11.1. The number of nitro groups is 1. The van der Waals surface area contributed by atoms with Crippen molar-refractivity contribution < 1.29 is 4.92 Å². The Hall–Kier alpha value is -2.89. The lowest BCUT2D eigenvalue weighted by Crippen LogP contribution is -2.11. The van der Waals surface area contributed by atoms with E-state index in [1.54, 1.807) is 37.3 Å². The van der Waals surface area contributed by atoms with Crippen LogP contribution < -0.4 is 10.3 Å². The van der Waals surface area contributed by atoms with Gasteiger partial charge in [0.05, 0.1) is 16.8 Å². The van der Waals surface area contributed by atoms with Crippen molar-refractivity contribution in [3.8, 4) is 0 Å². The molecule has 0 saturated carbocycles. The topological polar surface area (TPSA) is 70.8 Å². The Bertz CT molecular complexity index is 711. The predicted octanol–water partition coefficient (Wildman–Crippen LogP) is 3.42. The molecule has 2 rings (SSSR count). The Morgan fingerprint density at radius 1 is 1.23 bits per heavy atom. The smallest absolute Gasteiger partial charge is 0.293 e. The molecule has 0 aliphatic heterocycles. The first kappa shape index (κ1) is 15.5. The van der Waals surface area contributed by atoms with E-state index in [1.807, 2.05) is 31.2 Å². The van der Waals surface area contributed by atoms with Gasteiger partial charge in [-0.2, -0.15) is 5.10 Å². The lowest BCUT2D eigenvalue weighted by molar-refractivity contribution is -0.384. The summed E-state index contributed by atoms with van der Waals surface area (Å²) in [5.41, 5.74) is 6.20. The van der Waals surface area contributed by atoms with Crippen LogP contribution in [0.3, 0.4) is 0 Å². The molecule has 2 aromatic carbocycles. The monoisotopic (exact) mass is 298 g/mol. The van der Waals surface area contributed by atoms with Gasteiger partial charge in [-0.05, 0) is 30.7 Å². The fourth-order valence-corrected chi connectivity index (χ4v) is 2.04. The molecule has 0 aromatic heterocycles. The summed E-state index contributed by atoms with van der Waals surface area (Å²) >= 11 is 0. The molecule has 0 atom stereocenters. The van der Waals surface area contributed by atoms with Gasteiger partial charge in [-0.3, -0.25) is 15.5 Å². The van der Waals surface area contributed by atoms with Crippen molar-refractivity contribution in [1.82, 2.24) is 0 Å². The van der Waals surface area contributed by atoms with E-state index in [2.05, 4.69) is 10.5 Å². The van der Waals surface area contributed by atoms with Crippen LogP contribution >= 0.6 is 0 Å². The molecule has 0 bridgehead atoms. The molecule has 1 N–H and O–H groups in total. The third kappa shape index (κ3) is 3.82. The van der Waals surface area contributed by atoms with Gasteiger partial charge in [0.2, 0.25) is 0 Å². The van der Waals surface area contributed by atoms with E-state index in [0.29, 0.717) is 11.3 Å². The van der Waals surface area contributed by atoms with Crippen molar-refractivity contribution in [2.45, 2.75) is 6.92 Å². The molecule has 2 aromatic rings. The molecule has 0 saturated heterocycles. The largest absolute Gasteiger partial charge is 0.372 e. The lowest BCUT2D eigenvalue weighted by atomic mass is 10.2. The number of aryl methyl sites for hydroxylation is 1. The van der Waals surface area contributed by atoms with Crippen LogP contribution in [0.25, 0.3) is 0 Å². The summed E-state index contributed by atoms with van der Waals surface area (Å²) in [6.07, 6.45) is 1.56. The van der Waals surface area contributed by atoms with Crippen LogP contribution in [-0.4, -0.2) is 25.2 Å². The summed E-state index contributed by atoms with van der Waals surface area (Å²) in [5.74, 6) is 0. The summed E-state index contributed by atoms with van der Waals surface area (Å²) in [5, 5.41) is 15.2. The number of anilines is 2. The Morgan fingerprint density at radius 3 is 2.64 bits per heavy atom. The van der Waals surface area contributed by atoms with E-state index in [1.165, 1.54) is 6.07 Å². The van der Waals surface area contributed by atoms with Crippen LogP contribution in [0.5, 0.6) is 0 Å². The highest BCUT2D eigenvalue weighted by atomic mass is 16.6. The van der Waals surface area contributed by atoms with Gasteiger partial charge >= 0.3 is 0 Å². The van der Waals surface area contributed by atoms with Gasteiger partial charge in [0.25, 0.3) is 5.69 Å². The van der Waals surface area contributed by atoms with Crippen molar-refractivity contribution >= 4 is 23.3 Å². The molecule has 0 amide bonds. The molecule has 0 fully saturated rings. The van der Waals surface area contributed by atoms with Gasteiger partial charge in [-0.15, -0.1) is 0 Å². The number of hydrogen-bond donors (Lipinski definition) is 1. The summed E-state index contributed by atoms with van der Waals surface area (Å²) in [4.78, 5) is 12.5. The first-order valence-corrected chi connectivity index (χ1v) is 6.79. The number of hydrazone groups is 1. The standard InChI is InChI=1S/C16H18N4O2/c1-12-5-4-6-14(9-12)18-17-11-13-7-8-15(19(2)3)16(10-13)20(21)22/h4-11,18H,1-3H3/b17-11-. The normalized spacial score (nSPS) is 10.7. The van der Waals surface area contributed by atoms with Crippen LogP contribution in [0.1, 0.15) is 11.1 Å². The maximum Gasteiger partial charge on any atom is 0.293 e. The molecule has 0 unspecified atom stereocenters. The van der Waals surface area contributed by atoms with Crippen LogP contribution in [0, 0.1) is 17.0 Å². The molecule has 6 heteroatoms. The van der Waals surface area contributed by atoms with Crippen molar-refractivity contribution in [2.24, 2.45) is 5.10 Å². The van der Waals surface area contributed by atoms with Gasteiger partial charge in [0, 0.05) is 25.7 Å². The molecule has 0 heterocycles. The molecule has 0 radical (unpaired) electrons. The minimum absolute atomic E-state index is 0.0597. The number of hydrogen-bond acceptors (Lipinski definition) is 5. The molecule has 0 aliphatic carbocycles. The van der Waals surface area contributed by atoms with E-state index in [4.69, 9.17) is 0 Å². The Labute approximate surface area is 129 Å². The van der Waals surface area contributed by atoms with E-state index in [0.717, 1.165) is 11.3 Å². The maximum atomic E-state index is 11.1. The second-order valence-corrected chi connectivity index (χ2v) is 5.14. The zero-order valence-electron chi connectivity index (χ0n) is 12.8. The van der Waals surface area contributed by atoms with Crippen LogP contribution in [-0.2, 0) is 0 Å². The van der Waals surface area contributed by atoms with E-state index in [9.17, 15) is 10.1 Å². The van der Waals surface area contributed by atoms with E-state index >= 15 is 0 Å². The van der Waals surface area contributed by atoms with Crippen molar-refractivity contribution in [3.05, 3.63) is 63.7 Å². The van der Waals surface area contributed by atoms with Crippen molar-refractivity contribution in [2.75, 3.05) is 24.4 Å². The predicted molar refractivity (Wildman–Crippen MR) is 89.8 cm³/mol. The summed E-state index contributed by atoms with van der Waals surface area (Å²) in [7, 11) is 3.55. The van der Waals surface area contributed by atoms with Gasteiger partial charge in [0.1, 0.15) is 5.69 Å².